The normalized spacial score (nSPS) is 10.3. The van der Waals surface area contributed by atoms with Gasteiger partial charge in [0.15, 0.2) is 0 Å². The molecule has 0 amide bonds. The summed E-state index contributed by atoms with van der Waals surface area (Å²) in [6, 6.07) is 13.4. The Balaban J connectivity index is 2.02. The number of aryl methyl sites for hydroxylation is 1. The summed E-state index contributed by atoms with van der Waals surface area (Å²) in [5.41, 5.74) is 2.63. The standard InChI is InChI=1S/C16H10FN3O/c1-10-7-13(17)5-6-14(10)15-19-16(21-20-15)12-4-2-3-11(8-12)9-18/h2-8H,1H3. The van der Waals surface area contributed by atoms with Gasteiger partial charge in [-0.05, 0) is 48.9 Å². The second-order valence-corrected chi connectivity index (χ2v) is 4.57. The van der Waals surface area contributed by atoms with Crippen molar-refractivity contribution in [2.45, 2.75) is 6.92 Å². The summed E-state index contributed by atoms with van der Waals surface area (Å²) in [6.45, 7) is 1.78. The number of nitriles is 1. The maximum atomic E-state index is 13.1. The molecule has 21 heavy (non-hydrogen) atoms. The van der Waals surface area contributed by atoms with E-state index in [1.54, 1.807) is 37.3 Å². The van der Waals surface area contributed by atoms with Gasteiger partial charge in [0.1, 0.15) is 5.82 Å². The SMILES string of the molecule is Cc1cc(F)ccc1-c1noc(-c2cccc(C#N)c2)n1. The van der Waals surface area contributed by atoms with E-state index in [4.69, 9.17) is 9.78 Å². The number of hydrogen-bond donors (Lipinski definition) is 0. The molecule has 0 spiro atoms. The lowest BCUT2D eigenvalue weighted by Crippen LogP contribution is -1.87. The van der Waals surface area contributed by atoms with Crippen LogP contribution in [0.15, 0.2) is 47.0 Å². The zero-order chi connectivity index (χ0) is 14.8. The minimum absolute atomic E-state index is 0.304. The minimum atomic E-state index is -0.304. The molecule has 0 N–H and O–H groups in total. The van der Waals surface area contributed by atoms with Gasteiger partial charge in [-0.25, -0.2) is 4.39 Å². The van der Waals surface area contributed by atoms with E-state index in [1.165, 1.54) is 12.1 Å². The zero-order valence-electron chi connectivity index (χ0n) is 11.2. The monoisotopic (exact) mass is 279 g/mol. The predicted octanol–water partition coefficient (Wildman–Crippen LogP) is 3.72. The first-order valence-corrected chi connectivity index (χ1v) is 6.28. The highest BCUT2D eigenvalue weighted by atomic mass is 19.1. The van der Waals surface area contributed by atoms with Crippen LogP contribution in [0.5, 0.6) is 0 Å². The lowest BCUT2D eigenvalue weighted by Gasteiger charge is -1.99. The van der Waals surface area contributed by atoms with E-state index >= 15 is 0 Å². The van der Waals surface area contributed by atoms with Gasteiger partial charge in [-0.15, -0.1) is 0 Å². The summed E-state index contributed by atoms with van der Waals surface area (Å²) >= 11 is 0. The van der Waals surface area contributed by atoms with Crippen molar-refractivity contribution >= 4 is 0 Å². The minimum Gasteiger partial charge on any atom is -0.334 e. The predicted molar refractivity (Wildman–Crippen MR) is 74.6 cm³/mol. The molecule has 1 heterocycles. The second-order valence-electron chi connectivity index (χ2n) is 4.57. The molecule has 0 radical (unpaired) electrons. The molecular weight excluding hydrogens is 269 g/mol. The lowest BCUT2D eigenvalue weighted by molar-refractivity contribution is 0.432. The van der Waals surface area contributed by atoms with E-state index in [1.807, 2.05) is 0 Å². The molecule has 5 heteroatoms. The topological polar surface area (TPSA) is 62.7 Å². The number of nitrogens with zero attached hydrogens (tertiary/aromatic N) is 3. The van der Waals surface area contributed by atoms with E-state index in [0.29, 0.717) is 28.4 Å². The Hall–Kier alpha value is -3.00. The summed E-state index contributed by atoms with van der Waals surface area (Å²) in [4.78, 5) is 4.31. The maximum Gasteiger partial charge on any atom is 0.258 e. The number of benzene rings is 2. The third-order valence-corrected chi connectivity index (χ3v) is 3.09. The van der Waals surface area contributed by atoms with Gasteiger partial charge in [-0.3, -0.25) is 0 Å². The Morgan fingerprint density at radius 1 is 1.19 bits per heavy atom. The van der Waals surface area contributed by atoms with Gasteiger partial charge in [0.2, 0.25) is 5.82 Å². The van der Waals surface area contributed by atoms with Gasteiger partial charge < -0.3 is 4.52 Å². The fraction of sp³-hybridized carbons (Fsp3) is 0.0625. The summed E-state index contributed by atoms with van der Waals surface area (Å²) < 4.78 is 18.3. The first-order chi connectivity index (χ1) is 10.2. The van der Waals surface area contributed by atoms with Gasteiger partial charge in [0.25, 0.3) is 5.89 Å². The van der Waals surface area contributed by atoms with Gasteiger partial charge in [0, 0.05) is 11.1 Å². The van der Waals surface area contributed by atoms with Crippen LogP contribution in [0.3, 0.4) is 0 Å². The fourth-order valence-corrected chi connectivity index (χ4v) is 2.05. The van der Waals surface area contributed by atoms with E-state index in [9.17, 15) is 4.39 Å². The third kappa shape index (κ3) is 2.51. The average molecular weight is 279 g/mol. The van der Waals surface area contributed by atoms with E-state index in [0.717, 1.165) is 5.56 Å². The molecule has 0 fully saturated rings. The Morgan fingerprint density at radius 3 is 2.81 bits per heavy atom. The largest absolute Gasteiger partial charge is 0.334 e. The molecule has 1 aromatic heterocycles. The van der Waals surface area contributed by atoms with Crippen molar-refractivity contribution in [3.63, 3.8) is 0 Å². The van der Waals surface area contributed by atoms with Crippen molar-refractivity contribution in [3.8, 4) is 28.9 Å². The van der Waals surface area contributed by atoms with Crippen molar-refractivity contribution in [1.29, 1.82) is 5.26 Å². The molecule has 4 nitrogen and oxygen atoms in total. The number of aromatic nitrogens is 2. The molecule has 102 valence electrons. The van der Waals surface area contributed by atoms with E-state index in [-0.39, 0.29) is 5.82 Å². The Bertz CT molecular complexity index is 849. The van der Waals surface area contributed by atoms with Gasteiger partial charge >= 0.3 is 0 Å². The van der Waals surface area contributed by atoms with Crippen LogP contribution in [0.4, 0.5) is 4.39 Å². The van der Waals surface area contributed by atoms with Crippen molar-refractivity contribution in [2.24, 2.45) is 0 Å². The molecule has 0 aliphatic heterocycles. The molecule has 0 aliphatic rings. The molecule has 3 rings (SSSR count). The number of hydrogen-bond acceptors (Lipinski definition) is 4. The molecule has 2 aromatic carbocycles. The lowest BCUT2D eigenvalue weighted by atomic mass is 10.1. The summed E-state index contributed by atoms with van der Waals surface area (Å²) in [6.07, 6.45) is 0. The van der Waals surface area contributed by atoms with Crippen LogP contribution in [-0.4, -0.2) is 10.1 Å². The number of rotatable bonds is 2. The van der Waals surface area contributed by atoms with Gasteiger partial charge in [-0.2, -0.15) is 10.2 Å². The summed E-state index contributed by atoms with van der Waals surface area (Å²) in [5.74, 6) is 0.414. The van der Waals surface area contributed by atoms with Crippen molar-refractivity contribution in [2.75, 3.05) is 0 Å². The first-order valence-electron chi connectivity index (χ1n) is 6.28. The Kier molecular flexibility index (Phi) is 3.20. The molecular formula is C16H10FN3O. The Morgan fingerprint density at radius 2 is 2.05 bits per heavy atom. The zero-order valence-corrected chi connectivity index (χ0v) is 11.2. The van der Waals surface area contributed by atoms with E-state index in [2.05, 4.69) is 16.2 Å². The van der Waals surface area contributed by atoms with E-state index < -0.39 is 0 Å². The van der Waals surface area contributed by atoms with Crippen molar-refractivity contribution in [3.05, 3.63) is 59.4 Å². The maximum absolute atomic E-state index is 13.1. The van der Waals surface area contributed by atoms with Crippen LogP contribution in [0.25, 0.3) is 22.8 Å². The highest BCUT2D eigenvalue weighted by molar-refractivity contribution is 5.63. The Labute approximate surface area is 120 Å². The van der Waals surface area contributed by atoms with Crippen LogP contribution < -0.4 is 0 Å². The molecule has 0 atom stereocenters. The summed E-state index contributed by atoms with van der Waals surface area (Å²) in [5, 5.41) is 12.8. The van der Waals surface area contributed by atoms with Crippen LogP contribution in [0, 0.1) is 24.1 Å². The van der Waals surface area contributed by atoms with Crippen molar-refractivity contribution in [1.82, 2.24) is 10.1 Å². The highest BCUT2D eigenvalue weighted by Crippen LogP contribution is 2.25. The molecule has 3 aromatic rings. The molecule has 0 unspecified atom stereocenters. The summed E-state index contributed by atoms with van der Waals surface area (Å²) in [7, 11) is 0. The molecule has 0 saturated heterocycles. The smallest absolute Gasteiger partial charge is 0.258 e. The molecule has 0 aliphatic carbocycles. The highest BCUT2D eigenvalue weighted by Gasteiger charge is 2.13. The van der Waals surface area contributed by atoms with Crippen LogP contribution >= 0.6 is 0 Å². The quantitative estimate of drug-likeness (QED) is 0.717. The van der Waals surface area contributed by atoms with Crippen LogP contribution in [0.1, 0.15) is 11.1 Å². The van der Waals surface area contributed by atoms with Crippen molar-refractivity contribution < 1.29 is 8.91 Å². The second kappa shape index (κ2) is 5.17. The number of halogens is 1. The molecule has 0 saturated carbocycles. The van der Waals surface area contributed by atoms with Crippen LogP contribution in [-0.2, 0) is 0 Å². The van der Waals surface area contributed by atoms with Crippen LogP contribution in [0.2, 0.25) is 0 Å². The molecule has 0 bridgehead atoms. The first kappa shape index (κ1) is 13.0. The van der Waals surface area contributed by atoms with Gasteiger partial charge in [0.05, 0.1) is 11.6 Å². The van der Waals surface area contributed by atoms with Gasteiger partial charge in [-0.1, -0.05) is 11.2 Å². The average Bonchev–Trinajstić information content (AvgIpc) is 2.97. The third-order valence-electron chi connectivity index (χ3n) is 3.09. The fourth-order valence-electron chi connectivity index (χ4n) is 2.05.